The van der Waals surface area contributed by atoms with Crippen LogP contribution >= 0.6 is 28.7 Å². The zero-order chi connectivity index (χ0) is 69.1. The topological polar surface area (TPSA) is 201 Å². The minimum Gasteiger partial charge on any atom is -1.00 e. The molecule has 0 fully saturated rings. The standard InChI is InChI=1S/C16H13BrN2.C16H15FN2.C16H14N2.C14H8N2O.C10H11FO2.C6H8N2.BHNS.Na.H/c1-16(2)11-5-3-4-6-13(11)19-14-8-7-10(17)9-12(14)18-15(16)19;1-16(2,11-7-3-4-8-12(11)17)15-18-13-9-5-6-10-14(13)19-15;1-16(2)11-7-3-5-9-13(11)18-14-10-6-4-8-12(14)17-15(16)18;17-13-9-5-1-3-7-11(9)16-12-8-4-2-6-10(12)15-14(13)16;1-10(2,9(12)13)7-5-3-4-6-8(7)11;7-5-3-1-2-4-6(5)8;1-2-3;;/h3-9H,1-2H3;3-10H,1-2H3,(H,18,19);3-10H,1-2H3;1-8H;3-6H,1-2H3,(H,12,13);1-4H,7-8H2;3H;;/q;;;;;;;+1;-1. The Morgan fingerprint density at radius 2 is 0.969 bits per heavy atom. The molecular weight excluding hydrogens is 1320 g/mol. The van der Waals surface area contributed by atoms with E-state index in [0.717, 1.165) is 66.3 Å². The van der Waals surface area contributed by atoms with E-state index >= 15 is 0 Å². The number of hydrogen-bond acceptors (Lipinski definition) is 10. The number of carbonyl (C=O) groups excluding carboxylic acids is 1. The van der Waals surface area contributed by atoms with E-state index in [1.807, 2.05) is 122 Å². The molecule has 3 aliphatic heterocycles. The number of halogens is 3. The number of ketones is 1. The molecule has 0 aliphatic carbocycles. The molecule has 17 rings (SSSR count). The van der Waals surface area contributed by atoms with E-state index in [1.54, 1.807) is 24.3 Å². The van der Waals surface area contributed by atoms with Crippen LogP contribution in [0.3, 0.4) is 0 Å². The van der Waals surface area contributed by atoms with Gasteiger partial charge in [0.1, 0.15) is 29.1 Å². The number of aromatic nitrogens is 8. The first-order chi connectivity index (χ1) is 46.4. The first kappa shape index (κ1) is 71.2. The van der Waals surface area contributed by atoms with Gasteiger partial charge in [-0.05, 0) is 170 Å². The van der Waals surface area contributed by atoms with Gasteiger partial charge in [-0.25, -0.2) is 28.7 Å². The van der Waals surface area contributed by atoms with Gasteiger partial charge in [-0.3, -0.25) is 23.3 Å². The molecule has 14 nitrogen and oxygen atoms in total. The Kier molecular flexibility index (Phi) is 21.2. The van der Waals surface area contributed by atoms with E-state index in [9.17, 15) is 18.4 Å². The number of benzene rings is 10. The number of rotatable bonds is 4. The van der Waals surface area contributed by atoms with Crippen LogP contribution in [0.2, 0.25) is 0 Å². The summed E-state index contributed by atoms with van der Waals surface area (Å²) in [6.45, 7) is 15.9. The van der Waals surface area contributed by atoms with Gasteiger partial charge in [-0.2, -0.15) is 0 Å². The fourth-order valence-corrected chi connectivity index (χ4v) is 12.7. The third-order valence-electron chi connectivity index (χ3n) is 17.7. The number of fused-ring (bicyclic) bond motifs is 16. The van der Waals surface area contributed by atoms with Gasteiger partial charge >= 0.3 is 60.3 Å². The molecule has 7 heterocycles. The van der Waals surface area contributed by atoms with Gasteiger partial charge in [0, 0.05) is 21.2 Å². The van der Waals surface area contributed by atoms with E-state index in [4.69, 9.17) is 26.5 Å². The van der Waals surface area contributed by atoms with Crippen LogP contribution < -0.4 is 41.0 Å². The summed E-state index contributed by atoms with van der Waals surface area (Å²) in [6, 6.07) is 75.1. The Morgan fingerprint density at radius 3 is 1.50 bits per heavy atom. The van der Waals surface area contributed by atoms with Crippen molar-refractivity contribution < 1.29 is 54.5 Å². The predicted molar refractivity (Wildman–Crippen MR) is 394 cm³/mol. The van der Waals surface area contributed by atoms with Crippen molar-refractivity contribution in [1.82, 2.24) is 38.6 Å². The van der Waals surface area contributed by atoms with Gasteiger partial charge in [0.05, 0.1) is 94.2 Å². The second-order valence-corrected chi connectivity index (χ2v) is 26.6. The molecule has 98 heavy (non-hydrogen) atoms. The van der Waals surface area contributed by atoms with Crippen LogP contribution in [-0.4, -0.2) is 63.1 Å². The smallest absolute Gasteiger partial charge is 1.00 e. The second-order valence-electron chi connectivity index (χ2n) is 25.4. The molecule has 20 heteroatoms. The predicted octanol–water partition coefficient (Wildman–Crippen LogP) is 15.0. The number of nitrogens with two attached hydrogens (primary N) is 2. The number of carbonyl (C=O) groups is 2. The van der Waals surface area contributed by atoms with Crippen LogP contribution in [-0.2, 0) is 26.5 Å². The molecule has 0 saturated carbocycles. The molecule has 0 amide bonds. The fourth-order valence-electron chi connectivity index (χ4n) is 12.4. The van der Waals surface area contributed by atoms with Crippen LogP contribution in [0.25, 0.3) is 61.2 Å². The number of aliphatic carboxylic acids is 1. The molecule has 6 N–H and O–H groups in total. The number of H-pyrrole nitrogens is 1. The second kappa shape index (κ2) is 29.2. The number of para-hydroxylation sites is 11. The van der Waals surface area contributed by atoms with Crippen LogP contribution in [0.15, 0.2) is 245 Å². The third kappa shape index (κ3) is 13.7. The maximum atomic E-state index is 14.0. The monoisotopic (exact) mass is 1390 g/mol. The van der Waals surface area contributed by atoms with E-state index in [-0.39, 0.29) is 59.0 Å². The first-order valence-electron chi connectivity index (χ1n) is 31.2. The molecular formula is C78H71BBrF2N11NaO3S. The summed E-state index contributed by atoms with van der Waals surface area (Å²) in [6.07, 6.45) is 0. The average Bonchev–Trinajstić information content (AvgIpc) is 1.57. The van der Waals surface area contributed by atoms with Crippen molar-refractivity contribution in [3.05, 3.63) is 304 Å². The van der Waals surface area contributed by atoms with Crippen LogP contribution in [0.4, 0.5) is 20.2 Å². The summed E-state index contributed by atoms with van der Waals surface area (Å²) < 4.78 is 37.5. The third-order valence-corrected chi connectivity index (χ3v) is 18.2. The van der Waals surface area contributed by atoms with Crippen molar-refractivity contribution in [1.29, 1.82) is 0 Å². The number of carboxylic acids is 1. The van der Waals surface area contributed by atoms with Crippen molar-refractivity contribution >= 4 is 104 Å². The van der Waals surface area contributed by atoms with Gasteiger partial charge in [0.25, 0.3) is 0 Å². The Balaban J connectivity index is 0.000000139. The summed E-state index contributed by atoms with van der Waals surface area (Å²) in [4.78, 5) is 44.9. The Labute approximate surface area is 605 Å². The number of nitrogen functional groups attached to an aromatic ring is 2. The molecule has 1 radical (unpaired) electrons. The Bertz CT molecular complexity index is 5250. The number of anilines is 2. The number of carboxylic acid groups (broad SMARTS) is 1. The van der Waals surface area contributed by atoms with E-state index in [1.165, 1.54) is 71.6 Å². The summed E-state index contributed by atoms with van der Waals surface area (Å²) in [5, 5.41) is 8.85. The molecule has 0 atom stereocenters. The summed E-state index contributed by atoms with van der Waals surface area (Å²) in [5.74, 6) is 1.87. The zero-order valence-corrected chi connectivity index (χ0v) is 60.2. The van der Waals surface area contributed by atoms with Gasteiger partial charge in [-0.15, -0.1) is 0 Å². The molecule has 10 aromatic carbocycles. The first-order valence-corrected chi connectivity index (χ1v) is 32.4. The summed E-state index contributed by atoms with van der Waals surface area (Å²) in [7, 11) is 4.34. The number of aromatic amines is 1. The normalized spacial score (nSPS) is 12.8. The quantitative estimate of drug-likeness (QED) is 0.0646. The average molecular weight is 1390 g/mol. The number of nitrogens with one attached hydrogen (secondary N) is 1. The van der Waals surface area contributed by atoms with Gasteiger partial charge in [0.15, 0.2) is 5.82 Å². The summed E-state index contributed by atoms with van der Waals surface area (Å²) >= 11 is 6.71. The molecule has 4 aromatic heterocycles. The number of thiol groups is 1. The Morgan fingerprint density at radius 1 is 0.551 bits per heavy atom. The van der Waals surface area contributed by atoms with Gasteiger partial charge in [0.2, 0.25) is 5.78 Å². The van der Waals surface area contributed by atoms with E-state index in [0.29, 0.717) is 22.8 Å². The van der Waals surface area contributed by atoms with Crippen molar-refractivity contribution in [2.75, 3.05) is 11.5 Å². The SMILES string of the molecule is CC(C)(C(=O)O)c1ccccc1F.CC(C)(c1nc2ccccc2[nH]1)c1ccccc1F.CC1(C)c2ccccc2-n2c1nc1cc(Br)ccc12.CC1(C)c2ccccc2-n2c1nc1ccccc12.Nc1ccccc1N.O=C1c2ccccc2-n2c1nc1ccccc12.[B]=NS.[H-].[Na+]. The van der Waals surface area contributed by atoms with Crippen LogP contribution in [0, 0.1) is 11.6 Å². The van der Waals surface area contributed by atoms with Crippen molar-refractivity contribution in [3.8, 4) is 17.1 Å². The van der Waals surface area contributed by atoms with Crippen LogP contribution in [0.1, 0.15) is 113 Å². The fraction of sp³-hybridized carbons (Fsp3) is 0.154. The minimum atomic E-state index is -1.18. The Hall–Kier alpha value is -9.63. The molecule has 0 unspecified atom stereocenters. The molecule has 3 aliphatic rings. The number of nitrogens with zero attached hydrogens (tertiary/aromatic N) is 8. The van der Waals surface area contributed by atoms with Gasteiger partial charge < -0.3 is 23.0 Å². The van der Waals surface area contributed by atoms with Crippen molar-refractivity contribution in [3.63, 3.8) is 0 Å². The molecule has 0 spiro atoms. The molecule has 487 valence electrons. The van der Waals surface area contributed by atoms with Crippen LogP contribution in [0.5, 0.6) is 0 Å². The molecule has 0 saturated heterocycles. The van der Waals surface area contributed by atoms with Crippen molar-refractivity contribution in [2.24, 2.45) is 4.30 Å². The minimum absolute atomic E-state index is 0. The van der Waals surface area contributed by atoms with Gasteiger partial charge in [-0.1, -0.05) is 149 Å². The maximum absolute atomic E-state index is 14.0. The summed E-state index contributed by atoms with van der Waals surface area (Å²) in [5.41, 5.74) is 26.3. The molecule has 0 bridgehead atoms. The zero-order valence-electron chi connectivity index (χ0n) is 56.7. The van der Waals surface area contributed by atoms with E-state index in [2.05, 4.69) is 177 Å². The largest absolute Gasteiger partial charge is 1.00 e. The van der Waals surface area contributed by atoms with E-state index < -0.39 is 22.6 Å². The number of imidazole rings is 4. The van der Waals surface area contributed by atoms with Crippen molar-refractivity contribution in [2.45, 2.75) is 77.0 Å². The molecule has 14 aromatic rings. The number of hydrogen-bond donors (Lipinski definition) is 5. The maximum Gasteiger partial charge on any atom is 1.00 e.